The molecule has 2 aromatic carbocycles. The maximum absolute atomic E-state index is 15.6. The first-order valence-electron chi connectivity index (χ1n) is 43.8. The van der Waals surface area contributed by atoms with Crippen molar-refractivity contribution in [1.29, 1.82) is 0 Å². The van der Waals surface area contributed by atoms with Gasteiger partial charge in [-0.25, -0.2) is 9.97 Å². The number of anilines is 2. The minimum atomic E-state index is -0.113. The number of carbonyl (C=O) groups is 4. The van der Waals surface area contributed by atoms with Gasteiger partial charge in [-0.15, -0.1) is 45.3 Å². The quantitative estimate of drug-likeness (QED) is 0.0423. The minimum Gasteiger partial charge on any atom is -0.378 e. The van der Waals surface area contributed by atoms with Crippen LogP contribution in [-0.2, 0) is 19.2 Å². The van der Waals surface area contributed by atoms with Gasteiger partial charge in [0.05, 0.1) is 141 Å². The summed E-state index contributed by atoms with van der Waals surface area (Å²) in [4.78, 5) is 97.8. The molecule has 0 saturated heterocycles. The Morgan fingerprint density at radius 1 is 0.344 bits per heavy atom. The van der Waals surface area contributed by atoms with Crippen LogP contribution in [0.25, 0.3) is 69.2 Å². The lowest BCUT2D eigenvalue weighted by Gasteiger charge is -2.29. The highest BCUT2D eigenvalue weighted by Crippen LogP contribution is 2.52. The number of aromatic nitrogens is 4. The summed E-state index contributed by atoms with van der Waals surface area (Å²) in [7, 11) is 8.09. The number of hydrogen-bond acceptors (Lipinski definition) is 12. The van der Waals surface area contributed by atoms with Gasteiger partial charge in [0.15, 0.2) is 0 Å². The molecule has 0 fully saturated rings. The number of rotatable bonds is 30. The van der Waals surface area contributed by atoms with Crippen molar-refractivity contribution in [1.82, 2.24) is 39.5 Å². The Bertz CT molecular complexity index is 5760. The zero-order valence-electron chi connectivity index (χ0n) is 72.3. The molecule has 15 rings (SSSR count). The van der Waals surface area contributed by atoms with E-state index in [1.165, 1.54) is 22.7 Å². The molecule has 13 heterocycles. The second-order valence-electron chi connectivity index (χ2n) is 32.9. The largest absolute Gasteiger partial charge is 0.378 e. The third kappa shape index (κ3) is 17.9. The van der Waals surface area contributed by atoms with Crippen LogP contribution in [0.4, 0.5) is 11.4 Å². The first-order valence-corrected chi connectivity index (χ1v) is 47.2. The van der Waals surface area contributed by atoms with Gasteiger partial charge in [-0.05, 0) is 194 Å². The third-order valence-corrected chi connectivity index (χ3v) is 28.1. The second kappa shape index (κ2) is 38.7. The molecule has 0 spiro atoms. The minimum absolute atomic E-state index is 0.113. The van der Waals surface area contributed by atoms with Gasteiger partial charge in [-0.1, -0.05) is 192 Å². The van der Waals surface area contributed by atoms with E-state index in [0.29, 0.717) is 127 Å². The molecule has 0 saturated carbocycles. The van der Waals surface area contributed by atoms with Gasteiger partial charge in [-0.3, -0.25) is 19.2 Å². The zero-order valence-corrected chi connectivity index (χ0v) is 75.6. The molecule has 18 heteroatoms. The number of nitrogens with zero attached hydrogens (tertiary/aromatic N) is 8. The number of aromatic amines is 2. The first kappa shape index (κ1) is 85.5. The summed E-state index contributed by atoms with van der Waals surface area (Å²) in [5.41, 5.74) is 16.3. The lowest BCUT2D eigenvalue weighted by atomic mass is 9.98. The number of fused-ring (bicyclic) bond motifs is 10. The number of benzene rings is 2. The maximum Gasteiger partial charge on any atom is 0.261 e. The molecule has 14 nitrogen and oxygen atoms in total. The number of thiophene rings is 4. The summed E-state index contributed by atoms with van der Waals surface area (Å²) in [5, 5.41) is 4.07. The third-order valence-electron chi connectivity index (χ3n) is 24.3. The van der Waals surface area contributed by atoms with Gasteiger partial charge >= 0.3 is 0 Å². The van der Waals surface area contributed by atoms with Crippen LogP contribution in [0.1, 0.15) is 244 Å². The molecule has 0 aliphatic carbocycles. The number of amides is 4. The summed E-state index contributed by atoms with van der Waals surface area (Å²) < 4.78 is 0. The highest BCUT2D eigenvalue weighted by molar-refractivity contribution is 7.14. The van der Waals surface area contributed by atoms with Crippen molar-refractivity contribution in [2.75, 3.05) is 64.2 Å². The highest BCUT2D eigenvalue weighted by atomic mass is 32.1. The highest BCUT2D eigenvalue weighted by Gasteiger charge is 2.52. The number of carbonyl (C=O) groups excluding carboxylic acids is 4. The summed E-state index contributed by atoms with van der Waals surface area (Å²) in [6, 6.07) is 40.7. The Balaban J connectivity index is 0.902. The van der Waals surface area contributed by atoms with Gasteiger partial charge in [0.25, 0.3) is 23.6 Å². The lowest BCUT2D eigenvalue weighted by Crippen LogP contribution is -2.34. The van der Waals surface area contributed by atoms with Crippen molar-refractivity contribution in [2.45, 2.75) is 158 Å². The van der Waals surface area contributed by atoms with Gasteiger partial charge in [0.2, 0.25) is 0 Å². The fraction of sp³-hybridized carbons (Fsp3) is 0.346. The fourth-order valence-electron chi connectivity index (χ4n) is 17.0. The fourth-order valence-corrected chi connectivity index (χ4v) is 20.5. The molecule has 8 bridgehead atoms. The van der Waals surface area contributed by atoms with Crippen LogP contribution in [0.15, 0.2) is 154 Å². The average molecular weight is 1690 g/mol. The Morgan fingerprint density at radius 2 is 0.631 bits per heavy atom. The molecule has 2 N–H and O–H groups in total. The number of H-pyrrole nitrogens is 2. The number of hydrogen-bond donors (Lipinski definition) is 2. The molecule has 7 aromatic heterocycles. The van der Waals surface area contributed by atoms with Crippen LogP contribution < -0.4 is 9.80 Å². The molecule has 4 unspecified atom stereocenters. The molecule has 6 aliphatic heterocycles. The predicted octanol–water partition coefficient (Wildman–Crippen LogP) is 23.1. The second-order valence-corrected chi connectivity index (χ2v) is 37.0. The van der Waals surface area contributed by atoms with Crippen LogP contribution >= 0.6 is 45.3 Å². The summed E-state index contributed by atoms with van der Waals surface area (Å²) in [5.74, 6) is 29.3. The Hall–Kier alpha value is -11.5. The summed E-state index contributed by atoms with van der Waals surface area (Å²) >= 11 is 6.14. The van der Waals surface area contributed by atoms with Crippen molar-refractivity contribution in [3.05, 3.63) is 240 Å². The SMILES string of the molecule is CCCCC(CC)CN1C(=O)C2=C(c3ccc(C#Cc4c5nc(c(C#Cc6ccc(N(C)C)cc6)c6ccc([nH]6)c(C#Cc6ccc(C7=C8C(=O)N(CC(CC)CCCC)C(c9cccs9)=C8C(=O)N7CC(CC)CCCC)s6)c6nc(c(C#Cc7ccc(N(C)C)cc7)c7ccc4[nH]7)C=C6)C=C5)s3)N(CC(CC)CCCC)C(=O)C2=C1c1cccs1. The normalized spacial score (nSPS) is 15.1. The molecule has 6 aliphatic rings. The standard InChI is InChI=1S/C104H108N10O4S4/c1-13-21-27-67(17-5)63-111-97(89-31-25-61-119-89)93-95(103(111)117)99(113(101(93)115)65-69(19-7)29-23-15-3)91-59-45-75(121-91)43-49-79-85-55-51-81(105-85)77(47-37-71-33-39-73(40-34-71)109(9)10)83-53-57-87(107-83)80(88-58-54-84(108-88)78(82-52-56-86(79)106-82)48-38-72-35-41-74(42-36-72)110(11)12)50-44-76-46-60-92(122-76)100-96-94(102(116)114(100)66-70(20-8)30-24-16-4)98(90-32-26-62-120-90)112(104(96)118)64-68(18-6)28-22-14-2/h25-26,31-36,39-42,45-46,51-62,67-70,105,108H,13-24,27-30,63-66H2,1-12H3. The zero-order chi connectivity index (χ0) is 85.2. The van der Waals surface area contributed by atoms with E-state index >= 15 is 19.2 Å². The van der Waals surface area contributed by atoms with Crippen LogP contribution in [0.3, 0.4) is 0 Å². The van der Waals surface area contributed by atoms with Crippen molar-refractivity contribution in [3.8, 4) is 47.4 Å². The van der Waals surface area contributed by atoms with Crippen LogP contribution in [-0.4, -0.2) is 118 Å². The van der Waals surface area contributed by atoms with Gasteiger partial charge < -0.3 is 39.4 Å². The van der Waals surface area contributed by atoms with E-state index in [9.17, 15) is 0 Å². The van der Waals surface area contributed by atoms with E-state index < -0.39 is 0 Å². The predicted molar refractivity (Wildman–Crippen MR) is 509 cm³/mol. The van der Waals surface area contributed by atoms with E-state index in [-0.39, 0.29) is 47.3 Å². The van der Waals surface area contributed by atoms with Crippen molar-refractivity contribution in [3.63, 3.8) is 0 Å². The van der Waals surface area contributed by atoms with Crippen LogP contribution in [0.2, 0.25) is 0 Å². The van der Waals surface area contributed by atoms with Gasteiger partial charge in [-0.2, -0.15) is 0 Å². The molecular formula is C104H108N10O4S4. The van der Waals surface area contributed by atoms with E-state index in [2.05, 4.69) is 147 Å². The Morgan fingerprint density at radius 3 is 0.893 bits per heavy atom. The molecule has 622 valence electrons. The van der Waals surface area contributed by atoms with Crippen LogP contribution in [0, 0.1) is 71.0 Å². The number of nitrogens with one attached hydrogen (secondary N) is 2. The summed E-state index contributed by atoms with van der Waals surface area (Å²) in [6.45, 7) is 19.8. The first-order chi connectivity index (χ1) is 59.4. The van der Waals surface area contributed by atoms with Gasteiger partial charge in [0, 0.05) is 76.9 Å². The lowest BCUT2D eigenvalue weighted by molar-refractivity contribution is -0.124. The monoisotopic (exact) mass is 1690 g/mol. The smallest absolute Gasteiger partial charge is 0.261 e. The van der Waals surface area contributed by atoms with Gasteiger partial charge in [0.1, 0.15) is 0 Å². The molecular weight excluding hydrogens is 1580 g/mol. The molecule has 4 atom stereocenters. The van der Waals surface area contributed by atoms with Crippen molar-refractivity contribution >= 4 is 150 Å². The van der Waals surface area contributed by atoms with Crippen LogP contribution in [0.5, 0.6) is 0 Å². The van der Waals surface area contributed by atoms with Crippen molar-refractivity contribution in [2.24, 2.45) is 23.7 Å². The van der Waals surface area contributed by atoms with E-state index in [1.807, 2.05) is 180 Å². The maximum atomic E-state index is 15.6. The Kier molecular flexibility index (Phi) is 27.1. The Labute approximate surface area is 736 Å². The van der Waals surface area contributed by atoms with E-state index in [4.69, 9.17) is 9.97 Å². The van der Waals surface area contributed by atoms with E-state index in [1.54, 1.807) is 22.7 Å². The molecule has 9 aromatic rings. The summed E-state index contributed by atoms with van der Waals surface area (Å²) in [6.07, 6.45) is 24.1. The number of unbranched alkanes of at least 4 members (excludes halogenated alkanes) is 4. The molecule has 4 amide bonds. The van der Waals surface area contributed by atoms with E-state index in [0.717, 1.165) is 166 Å². The average Bonchev–Trinajstić information content (AvgIpc) is 1.56. The van der Waals surface area contributed by atoms with Crippen molar-refractivity contribution < 1.29 is 19.2 Å². The topological polar surface area (TPSA) is 145 Å². The molecule has 122 heavy (non-hydrogen) atoms. The molecule has 0 radical (unpaired) electrons.